The summed E-state index contributed by atoms with van der Waals surface area (Å²) >= 11 is 7.52. The third-order valence-electron chi connectivity index (χ3n) is 2.64. The molecule has 0 aliphatic rings. The van der Waals surface area contributed by atoms with Crippen LogP contribution in [0.5, 0.6) is 0 Å². The van der Waals surface area contributed by atoms with Gasteiger partial charge in [0, 0.05) is 17.6 Å². The Hall–Kier alpha value is -0.970. The fourth-order valence-corrected chi connectivity index (χ4v) is 2.63. The highest BCUT2D eigenvalue weighted by molar-refractivity contribution is 7.09. The molecule has 0 bridgehead atoms. The molecule has 18 heavy (non-hydrogen) atoms. The summed E-state index contributed by atoms with van der Waals surface area (Å²) in [4.78, 5) is 4.41. The van der Waals surface area contributed by atoms with E-state index in [1.165, 1.54) is 6.07 Å². The SMILES string of the molecule is Cc1csc(C(C)NCc2cccc(F)c2Cl)n1. The molecule has 0 aliphatic carbocycles. The highest BCUT2D eigenvalue weighted by Crippen LogP contribution is 2.22. The van der Waals surface area contributed by atoms with Gasteiger partial charge < -0.3 is 5.32 Å². The number of hydrogen-bond acceptors (Lipinski definition) is 3. The monoisotopic (exact) mass is 284 g/mol. The molecule has 1 atom stereocenters. The third kappa shape index (κ3) is 3.07. The molecule has 1 aromatic heterocycles. The van der Waals surface area contributed by atoms with Crippen molar-refractivity contribution in [2.45, 2.75) is 26.4 Å². The van der Waals surface area contributed by atoms with Crippen molar-refractivity contribution in [2.75, 3.05) is 0 Å². The lowest BCUT2D eigenvalue weighted by atomic mass is 10.2. The highest BCUT2D eigenvalue weighted by Gasteiger charge is 2.11. The number of aryl methyl sites for hydroxylation is 1. The lowest BCUT2D eigenvalue weighted by Gasteiger charge is -2.12. The molecule has 2 aromatic rings. The standard InChI is InChI=1S/C13H14ClFN2S/c1-8-7-18-13(17-8)9(2)16-6-10-4-3-5-11(15)12(10)14/h3-5,7,9,16H,6H2,1-2H3. The second kappa shape index (κ2) is 5.78. The van der Waals surface area contributed by atoms with E-state index in [-0.39, 0.29) is 16.9 Å². The number of thiazole rings is 1. The van der Waals surface area contributed by atoms with Crippen molar-refractivity contribution >= 4 is 22.9 Å². The van der Waals surface area contributed by atoms with Gasteiger partial charge in [0.15, 0.2) is 0 Å². The summed E-state index contributed by atoms with van der Waals surface area (Å²) in [5.41, 5.74) is 1.78. The second-order valence-electron chi connectivity index (χ2n) is 4.14. The predicted octanol–water partition coefficient (Wildman–Crippen LogP) is 4.09. The summed E-state index contributed by atoms with van der Waals surface area (Å²) in [7, 11) is 0. The zero-order valence-corrected chi connectivity index (χ0v) is 11.8. The van der Waals surface area contributed by atoms with E-state index in [1.807, 2.05) is 25.3 Å². The van der Waals surface area contributed by atoms with Crippen LogP contribution in [0.3, 0.4) is 0 Å². The minimum Gasteiger partial charge on any atom is -0.304 e. The Morgan fingerprint density at radius 3 is 2.94 bits per heavy atom. The van der Waals surface area contributed by atoms with Crippen LogP contribution in [0, 0.1) is 12.7 Å². The van der Waals surface area contributed by atoms with E-state index in [2.05, 4.69) is 10.3 Å². The summed E-state index contributed by atoms with van der Waals surface area (Å²) in [5.74, 6) is -0.381. The first-order valence-corrected chi connectivity index (χ1v) is 6.92. The molecule has 1 N–H and O–H groups in total. The maximum Gasteiger partial charge on any atom is 0.142 e. The molecule has 96 valence electrons. The quantitative estimate of drug-likeness (QED) is 0.914. The summed E-state index contributed by atoms with van der Waals surface area (Å²) < 4.78 is 13.3. The van der Waals surface area contributed by atoms with Gasteiger partial charge >= 0.3 is 0 Å². The fourth-order valence-electron chi connectivity index (χ4n) is 1.61. The van der Waals surface area contributed by atoms with Crippen LogP contribution in [0.4, 0.5) is 4.39 Å². The normalized spacial score (nSPS) is 12.7. The van der Waals surface area contributed by atoms with Gasteiger partial charge in [-0.25, -0.2) is 9.37 Å². The Kier molecular flexibility index (Phi) is 4.32. The van der Waals surface area contributed by atoms with Crippen LogP contribution >= 0.6 is 22.9 Å². The molecule has 2 rings (SSSR count). The second-order valence-corrected chi connectivity index (χ2v) is 5.41. The Morgan fingerprint density at radius 1 is 1.50 bits per heavy atom. The maximum atomic E-state index is 13.3. The number of aromatic nitrogens is 1. The smallest absolute Gasteiger partial charge is 0.142 e. The van der Waals surface area contributed by atoms with Gasteiger partial charge in [0.2, 0.25) is 0 Å². The van der Waals surface area contributed by atoms with Gasteiger partial charge in [0.1, 0.15) is 10.8 Å². The number of benzene rings is 1. The Bertz CT molecular complexity index is 542. The van der Waals surface area contributed by atoms with Crippen molar-refractivity contribution in [3.63, 3.8) is 0 Å². The van der Waals surface area contributed by atoms with E-state index >= 15 is 0 Å². The van der Waals surface area contributed by atoms with Gasteiger partial charge in [-0.1, -0.05) is 23.7 Å². The molecule has 5 heteroatoms. The van der Waals surface area contributed by atoms with Crippen molar-refractivity contribution in [1.29, 1.82) is 0 Å². The molecule has 0 fully saturated rings. The molecular formula is C13H14ClFN2S. The van der Waals surface area contributed by atoms with Crippen molar-refractivity contribution in [3.05, 3.63) is 50.7 Å². The zero-order valence-electron chi connectivity index (χ0n) is 10.2. The molecule has 0 amide bonds. The zero-order chi connectivity index (χ0) is 13.1. The molecule has 0 saturated heterocycles. The maximum absolute atomic E-state index is 13.3. The van der Waals surface area contributed by atoms with Crippen LogP contribution < -0.4 is 5.32 Å². The number of halogens is 2. The Balaban J connectivity index is 2.01. The lowest BCUT2D eigenvalue weighted by Crippen LogP contribution is -2.18. The Morgan fingerprint density at radius 2 is 2.28 bits per heavy atom. The number of nitrogens with one attached hydrogen (secondary N) is 1. The van der Waals surface area contributed by atoms with Gasteiger partial charge in [0.25, 0.3) is 0 Å². The van der Waals surface area contributed by atoms with Crippen molar-refractivity contribution in [3.8, 4) is 0 Å². The van der Waals surface area contributed by atoms with Gasteiger partial charge in [-0.05, 0) is 25.5 Å². The summed E-state index contributed by atoms with van der Waals surface area (Å²) in [6, 6.07) is 4.97. The molecule has 0 radical (unpaired) electrons. The third-order valence-corrected chi connectivity index (χ3v) is 4.21. The average Bonchev–Trinajstić information content (AvgIpc) is 2.77. The van der Waals surface area contributed by atoms with E-state index in [9.17, 15) is 4.39 Å². The van der Waals surface area contributed by atoms with E-state index in [1.54, 1.807) is 17.4 Å². The van der Waals surface area contributed by atoms with Crippen LogP contribution in [0.1, 0.15) is 29.2 Å². The van der Waals surface area contributed by atoms with Crippen molar-refractivity contribution in [1.82, 2.24) is 10.3 Å². The summed E-state index contributed by atoms with van der Waals surface area (Å²) in [6.45, 7) is 4.53. The lowest BCUT2D eigenvalue weighted by molar-refractivity contribution is 0.566. The number of rotatable bonds is 4. The van der Waals surface area contributed by atoms with Crippen LogP contribution in [0.15, 0.2) is 23.6 Å². The first kappa shape index (κ1) is 13.5. The van der Waals surface area contributed by atoms with E-state index in [0.717, 1.165) is 16.3 Å². The fraction of sp³-hybridized carbons (Fsp3) is 0.308. The Labute approximate surface area is 115 Å². The number of hydrogen-bond donors (Lipinski definition) is 1. The van der Waals surface area contributed by atoms with Crippen LogP contribution in [-0.2, 0) is 6.54 Å². The van der Waals surface area contributed by atoms with Crippen molar-refractivity contribution < 1.29 is 4.39 Å². The van der Waals surface area contributed by atoms with E-state index in [4.69, 9.17) is 11.6 Å². The van der Waals surface area contributed by atoms with Gasteiger partial charge in [-0.15, -0.1) is 11.3 Å². The minimum absolute atomic E-state index is 0.128. The average molecular weight is 285 g/mol. The van der Waals surface area contributed by atoms with Crippen LogP contribution in [0.25, 0.3) is 0 Å². The number of nitrogens with zero attached hydrogens (tertiary/aromatic N) is 1. The van der Waals surface area contributed by atoms with E-state index in [0.29, 0.717) is 6.54 Å². The molecule has 0 saturated carbocycles. The first-order chi connectivity index (χ1) is 8.58. The largest absolute Gasteiger partial charge is 0.304 e. The van der Waals surface area contributed by atoms with E-state index < -0.39 is 0 Å². The molecule has 2 nitrogen and oxygen atoms in total. The highest BCUT2D eigenvalue weighted by atomic mass is 35.5. The minimum atomic E-state index is -0.381. The topological polar surface area (TPSA) is 24.9 Å². The molecule has 0 spiro atoms. The van der Waals surface area contributed by atoms with Gasteiger partial charge in [-0.2, -0.15) is 0 Å². The summed E-state index contributed by atoms with van der Waals surface area (Å²) in [5, 5.41) is 6.53. The molecule has 1 aromatic carbocycles. The van der Waals surface area contributed by atoms with Crippen molar-refractivity contribution in [2.24, 2.45) is 0 Å². The van der Waals surface area contributed by atoms with Gasteiger partial charge in [0.05, 0.1) is 11.1 Å². The molecular weight excluding hydrogens is 271 g/mol. The van der Waals surface area contributed by atoms with Crippen LogP contribution in [-0.4, -0.2) is 4.98 Å². The molecule has 1 heterocycles. The predicted molar refractivity (Wildman–Crippen MR) is 73.5 cm³/mol. The molecule has 1 unspecified atom stereocenters. The molecule has 0 aliphatic heterocycles. The van der Waals surface area contributed by atoms with Gasteiger partial charge in [-0.3, -0.25) is 0 Å². The summed E-state index contributed by atoms with van der Waals surface area (Å²) in [6.07, 6.45) is 0. The van der Waals surface area contributed by atoms with Crippen LogP contribution in [0.2, 0.25) is 5.02 Å². The first-order valence-electron chi connectivity index (χ1n) is 5.66.